The van der Waals surface area contributed by atoms with E-state index in [0.717, 1.165) is 27.4 Å². The third-order valence-electron chi connectivity index (χ3n) is 5.01. The van der Waals surface area contributed by atoms with Crippen LogP contribution in [-0.2, 0) is 18.4 Å². The van der Waals surface area contributed by atoms with Gasteiger partial charge in [-0.15, -0.1) is 0 Å². The van der Waals surface area contributed by atoms with Gasteiger partial charge >= 0.3 is 0 Å². The van der Waals surface area contributed by atoms with Crippen molar-refractivity contribution in [2.45, 2.75) is 13.5 Å². The lowest BCUT2D eigenvalue weighted by Crippen LogP contribution is -2.28. The van der Waals surface area contributed by atoms with Crippen LogP contribution >= 0.6 is 0 Å². The zero-order valence-corrected chi connectivity index (χ0v) is 15.7. The van der Waals surface area contributed by atoms with Gasteiger partial charge in [-0.2, -0.15) is 5.26 Å². The van der Waals surface area contributed by atoms with Crippen LogP contribution in [0.15, 0.2) is 54.6 Å². The fourth-order valence-corrected chi connectivity index (χ4v) is 3.51. The van der Waals surface area contributed by atoms with Crippen LogP contribution in [0.25, 0.3) is 21.8 Å². The molecular weight excluding hydrogens is 350 g/mol. The summed E-state index contributed by atoms with van der Waals surface area (Å²) in [6.45, 7) is 1.85. The Morgan fingerprint density at radius 3 is 2.75 bits per heavy atom. The van der Waals surface area contributed by atoms with Crippen LogP contribution < -0.4 is 10.6 Å². The number of hydrogen-bond acceptors (Lipinski definition) is 4. The van der Waals surface area contributed by atoms with E-state index < -0.39 is 0 Å². The Morgan fingerprint density at radius 2 is 2.00 bits per heavy atom. The molecule has 6 nitrogen and oxygen atoms in total. The highest BCUT2D eigenvalue weighted by molar-refractivity contribution is 5.99. The van der Waals surface area contributed by atoms with Crippen molar-refractivity contribution in [2.24, 2.45) is 7.05 Å². The van der Waals surface area contributed by atoms with Gasteiger partial charge in [-0.3, -0.25) is 4.79 Å². The second kappa shape index (κ2) is 6.71. The van der Waals surface area contributed by atoms with Crippen molar-refractivity contribution in [2.75, 3.05) is 10.6 Å². The maximum atomic E-state index is 12.5. The third kappa shape index (κ3) is 2.83. The van der Waals surface area contributed by atoms with Crippen LogP contribution in [0.3, 0.4) is 0 Å². The van der Waals surface area contributed by atoms with Gasteiger partial charge in [0.15, 0.2) is 0 Å². The molecule has 4 aromatic rings. The topological polar surface area (TPSA) is 87.9 Å². The van der Waals surface area contributed by atoms with Crippen LogP contribution in [0.1, 0.15) is 18.1 Å². The smallest absolute Gasteiger partial charge is 0.224 e. The number of carbonyl (C=O) groups excluding carboxylic acids is 1. The predicted molar refractivity (Wildman–Crippen MR) is 111 cm³/mol. The highest BCUT2D eigenvalue weighted by Gasteiger charge is 2.18. The van der Waals surface area contributed by atoms with Gasteiger partial charge in [0.2, 0.25) is 11.9 Å². The van der Waals surface area contributed by atoms with Crippen molar-refractivity contribution < 1.29 is 4.79 Å². The summed E-state index contributed by atoms with van der Waals surface area (Å²) in [5.74, 6) is 0.310. The molecule has 4 rings (SSSR count). The molecule has 0 fully saturated rings. The molecule has 28 heavy (non-hydrogen) atoms. The van der Waals surface area contributed by atoms with E-state index in [1.807, 2.05) is 66.2 Å². The summed E-state index contributed by atoms with van der Waals surface area (Å²) in [5, 5.41) is 11.6. The SMILES string of the molecule is CC(=O)N(Cc1ccc2c(c1)nc(N)n2C)c1ccc2ccccc2c1C#N. The first-order chi connectivity index (χ1) is 13.5. The molecule has 1 heterocycles. The van der Waals surface area contributed by atoms with Gasteiger partial charge in [0, 0.05) is 19.4 Å². The van der Waals surface area contributed by atoms with E-state index in [1.165, 1.54) is 6.92 Å². The number of aryl methyl sites for hydroxylation is 1. The molecule has 0 unspecified atom stereocenters. The molecule has 6 heteroatoms. The van der Waals surface area contributed by atoms with Crippen LogP contribution in [0.5, 0.6) is 0 Å². The number of amides is 1. The van der Waals surface area contributed by atoms with Crippen molar-refractivity contribution in [1.82, 2.24) is 9.55 Å². The highest BCUT2D eigenvalue weighted by atomic mass is 16.2. The second-order valence-electron chi connectivity index (χ2n) is 6.75. The Kier molecular flexibility index (Phi) is 4.21. The molecule has 3 aromatic carbocycles. The van der Waals surface area contributed by atoms with E-state index in [4.69, 9.17) is 5.73 Å². The fourth-order valence-electron chi connectivity index (χ4n) is 3.51. The number of carbonyl (C=O) groups is 1. The van der Waals surface area contributed by atoms with E-state index >= 15 is 0 Å². The quantitative estimate of drug-likeness (QED) is 0.596. The zero-order chi connectivity index (χ0) is 19.8. The number of nitriles is 1. The Balaban J connectivity index is 1.79. The number of nitrogens with two attached hydrogens (primary N) is 1. The average molecular weight is 369 g/mol. The fraction of sp³-hybridized carbons (Fsp3) is 0.136. The largest absolute Gasteiger partial charge is 0.369 e. The van der Waals surface area contributed by atoms with E-state index in [9.17, 15) is 10.1 Å². The molecule has 0 atom stereocenters. The standard InChI is InChI=1S/C22H19N5O/c1-14(28)27(13-15-7-9-21-19(11-15)25-22(24)26(21)2)20-10-8-16-5-3-4-6-17(16)18(20)12-23/h3-11H,13H2,1-2H3,(H2,24,25). The predicted octanol–water partition coefficient (Wildman–Crippen LogP) is 3.73. The molecule has 0 aliphatic carbocycles. The normalized spacial score (nSPS) is 10.9. The van der Waals surface area contributed by atoms with E-state index in [2.05, 4.69) is 11.1 Å². The van der Waals surface area contributed by atoms with E-state index in [-0.39, 0.29) is 5.91 Å². The van der Waals surface area contributed by atoms with Crippen molar-refractivity contribution in [3.05, 3.63) is 65.7 Å². The summed E-state index contributed by atoms with van der Waals surface area (Å²) in [6.07, 6.45) is 0. The number of imidazole rings is 1. The minimum atomic E-state index is -0.132. The summed E-state index contributed by atoms with van der Waals surface area (Å²) in [5.41, 5.74) is 9.61. The first-order valence-electron chi connectivity index (χ1n) is 8.90. The monoisotopic (exact) mass is 369 g/mol. The van der Waals surface area contributed by atoms with Gasteiger partial charge in [0.05, 0.1) is 28.8 Å². The van der Waals surface area contributed by atoms with Gasteiger partial charge in [-0.25, -0.2) is 4.98 Å². The van der Waals surface area contributed by atoms with Crippen LogP contribution in [0.4, 0.5) is 11.6 Å². The lowest BCUT2D eigenvalue weighted by atomic mass is 10.0. The molecule has 2 N–H and O–H groups in total. The number of nitrogens with zero attached hydrogens (tertiary/aromatic N) is 4. The lowest BCUT2D eigenvalue weighted by Gasteiger charge is -2.23. The maximum absolute atomic E-state index is 12.5. The molecule has 0 radical (unpaired) electrons. The number of benzene rings is 3. The van der Waals surface area contributed by atoms with Gasteiger partial charge in [-0.1, -0.05) is 36.4 Å². The number of aromatic nitrogens is 2. The van der Waals surface area contributed by atoms with Gasteiger partial charge in [0.25, 0.3) is 0 Å². The summed E-state index contributed by atoms with van der Waals surface area (Å²) < 4.78 is 1.82. The van der Waals surface area contributed by atoms with Gasteiger partial charge in [0.1, 0.15) is 6.07 Å². The first-order valence-corrected chi connectivity index (χ1v) is 8.90. The minimum Gasteiger partial charge on any atom is -0.369 e. The Bertz CT molecular complexity index is 1270. The van der Waals surface area contributed by atoms with Gasteiger partial charge in [-0.05, 0) is 29.1 Å². The summed E-state index contributed by atoms with van der Waals surface area (Å²) in [6, 6.07) is 19.5. The number of hydrogen-bond donors (Lipinski definition) is 1. The van der Waals surface area contributed by atoms with Crippen LogP contribution in [0, 0.1) is 11.3 Å². The average Bonchev–Trinajstić information content (AvgIpc) is 2.98. The van der Waals surface area contributed by atoms with Crippen LogP contribution in [0.2, 0.25) is 0 Å². The first kappa shape index (κ1) is 17.6. The highest BCUT2D eigenvalue weighted by Crippen LogP contribution is 2.30. The number of rotatable bonds is 3. The Morgan fingerprint density at radius 1 is 1.21 bits per heavy atom. The lowest BCUT2D eigenvalue weighted by molar-refractivity contribution is -0.116. The molecule has 0 saturated heterocycles. The van der Waals surface area contributed by atoms with E-state index in [1.54, 1.807) is 4.90 Å². The molecular formula is C22H19N5O. The summed E-state index contributed by atoms with van der Waals surface area (Å²) >= 11 is 0. The van der Waals surface area contributed by atoms with Crippen molar-refractivity contribution in [1.29, 1.82) is 5.26 Å². The van der Waals surface area contributed by atoms with Gasteiger partial charge < -0.3 is 15.2 Å². The maximum Gasteiger partial charge on any atom is 0.224 e. The molecule has 0 spiro atoms. The Labute approximate surface area is 162 Å². The molecule has 0 saturated carbocycles. The van der Waals surface area contributed by atoms with E-state index in [0.29, 0.717) is 23.7 Å². The van der Waals surface area contributed by atoms with Crippen LogP contribution in [-0.4, -0.2) is 15.5 Å². The summed E-state index contributed by atoms with van der Waals surface area (Å²) in [4.78, 5) is 18.4. The summed E-state index contributed by atoms with van der Waals surface area (Å²) in [7, 11) is 1.86. The van der Waals surface area contributed by atoms with Crippen molar-refractivity contribution >= 4 is 39.3 Å². The molecule has 138 valence electrons. The van der Waals surface area contributed by atoms with Crippen molar-refractivity contribution in [3.8, 4) is 6.07 Å². The molecule has 1 aromatic heterocycles. The number of anilines is 2. The minimum absolute atomic E-state index is 0.132. The second-order valence-corrected chi connectivity index (χ2v) is 6.75. The number of fused-ring (bicyclic) bond motifs is 2. The Hall–Kier alpha value is -3.85. The molecule has 0 aliphatic heterocycles. The van der Waals surface area contributed by atoms with Crippen molar-refractivity contribution in [3.63, 3.8) is 0 Å². The third-order valence-corrected chi connectivity index (χ3v) is 5.01. The molecule has 1 amide bonds. The number of nitrogen functional groups attached to an aromatic ring is 1. The molecule has 0 bridgehead atoms. The zero-order valence-electron chi connectivity index (χ0n) is 15.7. The molecule has 0 aliphatic rings.